The molecular formula is C9H17N3OS. The highest BCUT2D eigenvalue weighted by molar-refractivity contribution is 7.80. The topological polar surface area (TPSA) is 59.6 Å². The number of nitrogens with one attached hydrogen (secondary N) is 1. The maximum absolute atomic E-state index is 5.58. The van der Waals surface area contributed by atoms with Crippen molar-refractivity contribution in [2.75, 3.05) is 6.61 Å². The van der Waals surface area contributed by atoms with Gasteiger partial charge in [-0.15, -0.1) is 0 Å². The van der Waals surface area contributed by atoms with Crippen LogP contribution in [-0.2, 0) is 4.74 Å². The first-order valence-electron chi connectivity index (χ1n) is 4.95. The molecule has 0 aromatic heterocycles. The van der Waals surface area contributed by atoms with Gasteiger partial charge in [-0.2, -0.15) is 5.10 Å². The number of ether oxygens (including phenoxy) is 1. The number of thiocarbonyl (C=S) groups is 1. The lowest BCUT2D eigenvalue weighted by molar-refractivity contribution is 0.0440. The Kier molecular flexibility index (Phi) is 4.82. The summed E-state index contributed by atoms with van der Waals surface area (Å²) in [6.07, 6.45) is 4.31. The van der Waals surface area contributed by atoms with Crippen molar-refractivity contribution in [1.29, 1.82) is 0 Å². The fourth-order valence-corrected chi connectivity index (χ4v) is 1.56. The van der Waals surface area contributed by atoms with Crippen LogP contribution in [0.25, 0.3) is 0 Å². The van der Waals surface area contributed by atoms with Crippen LogP contribution in [0.15, 0.2) is 5.10 Å². The molecule has 1 heterocycles. The Morgan fingerprint density at radius 2 is 2.57 bits per heavy atom. The molecule has 0 saturated carbocycles. The average molecular weight is 215 g/mol. The zero-order valence-electron chi connectivity index (χ0n) is 8.45. The van der Waals surface area contributed by atoms with E-state index in [0.717, 1.165) is 38.0 Å². The Hall–Kier alpha value is -0.680. The van der Waals surface area contributed by atoms with Crippen molar-refractivity contribution in [3.05, 3.63) is 0 Å². The summed E-state index contributed by atoms with van der Waals surface area (Å²) in [5, 5.41) is 4.35. The summed E-state index contributed by atoms with van der Waals surface area (Å²) >= 11 is 4.67. The van der Waals surface area contributed by atoms with Crippen molar-refractivity contribution >= 4 is 23.0 Å². The minimum absolute atomic E-state index is 0.219. The monoisotopic (exact) mass is 215 g/mol. The van der Waals surface area contributed by atoms with Gasteiger partial charge in [0.05, 0.1) is 12.7 Å². The molecule has 1 saturated heterocycles. The van der Waals surface area contributed by atoms with Crippen LogP contribution in [-0.4, -0.2) is 23.5 Å². The van der Waals surface area contributed by atoms with Gasteiger partial charge in [0, 0.05) is 18.6 Å². The number of hydrogen-bond donors (Lipinski definition) is 2. The highest BCUT2D eigenvalue weighted by atomic mass is 32.1. The van der Waals surface area contributed by atoms with E-state index in [1.54, 1.807) is 0 Å². The van der Waals surface area contributed by atoms with Gasteiger partial charge < -0.3 is 10.5 Å². The van der Waals surface area contributed by atoms with Crippen LogP contribution >= 0.6 is 12.2 Å². The van der Waals surface area contributed by atoms with Crippen LogP contribution in [0.1, 0.15) is 32.6 Å². The summed E-state index contributed by atoms with van der Waals surface area (Å²) in [6, 6.07) is 0. The zero-order chi connectivity index (χ0) is 10.4. The van der Waals surface area contributed by atoms with Gasteiger partial charge in [-0.05, 0) is 18.6 Å². The number of rotatable bonds is 3. The van der Waals surface area contributed by atoms with Crippen molar-refractivity contribution in [2.24, 2.45) is 10.8 Å². The normalized spacial score (nSPS) is 24.9. The summed E-state index contributed by atoms with van der Waals surface area (Å²) in [6.45, 7) is 2.91. The Balaban J connectivity index is 2.38. The summed E-state index contributed by atoms with van der Waals surface area (Å²) in [7, 11) is 0. The molecule has 0 aromatic carbocycles. The first-order valence-corrected chi connectivity index (χ1v) is 5.35. The third-order valence-electron chi connectivity index (χ3n) is 2.14. The van der Waals surface area contributed by atoms with E-state index in [1.807, 2.05) is 0 Å². The number of hydrazone groups is 1. The molecule has 0 aliphatic carbocycles. The molecule has 80 valence electrons. The molecule has 1 fully saturated rings. The van der Waals surface area contributed by atoms with Gasteiger partial charge in [0.25, 0.3) is 0 Å². The lowest BCUT2D eigenvalue weighted by atomic mass is 10.0. The van der Waals surface area contributed by atoms with Crippen LogP contribution in [0.3, 0.4) is 0 Å². The number of nitrogens with zero attached hydrogens (tertiary/aromatic N) is 1. The van der Waals surface area contributed by atoms with E-state index in [9.17, 15) is 0 Å². The van der Waals surface area contributed by atoms with E-state index in [-0.39, 0.29) is 5.11 Å². The van der Waals surface area contributed by atoms with Gasteiger partial charge in [-0.3, -0.25) is 5.43 Å². The summed E-state index contributed by atoms with van der Waals surface area (Å²) < 4.78 is 5.58. The van der Waals surface area contributed by atoms with Gasteiger partial charge >= 0.3 is 0 Å². The second-order valence-corrected chi connectivity index (χ2v) is 3.83. The predicted octanol–water partition coefficient (Wildman–Crippen LogP) is 1.15. The fraction of sp³-hybridized carbons (Fsp3) is 0.778. The van der Waals surface area contributed by atoms with Crippen molar-refractivity contribution < 1.29 is 4.74 Å². The highest BCUT2D eigenvalue weighted by Gasteiger charge is 2.17. The van der Waals surface area contributed by atoms with E-state index < -0.39 is 0 Å². The van der Waals surface area contributed by atoms with Crippen LogP contribution in [0.5, 0.6) is 0 Å². The predicted molar refractivity (Wildman–Crippen MR) is 61.2 cm³/mol. The van der Waals surface area contributed by atoms with E-state index in [4.69, 9.17) is 10.5 Å². The Morgan fingerprint density at radius 1 is 1.79 bits per heavy atom. The van der Waals surface area contributed by atoms with E-state index >= 15 is 0 Å². The van der Waals surface area contributed by atoms with Crippen molar-refractivity contribution in [3.8, 4) is 0 Å². The molecule has 1 aliphatic heterocycles. The zero-order valence-corrected chi connectivity index (χ0v) is 9.27. The van der Waals surface area contributed by atoms with E-state index in [2.05, 4.69) is 29.7 Å². The molecule has 1 unspecified atom stereocenters. The minimum atomic E-state index is 0.219. The molecule has 0 spiro atoms. The van der Waals surface area contributed by atoms with Gasteiger partial charge in [-0.1, -0.05) is 13.3 Å². The molecule has 0 aromatic rings. The molecule has 1 atom stereocenters. The highest BCUT2D eigenvalue weighted by Crippen LogP contribution is 2.15. The summed E-state index contributed by atoms with van der Waals surface area (Å²) in [4.78, 5) is 0. The third kappa shape index (κ3) is 4.02. The van der Waals surface area contributed by atoms with E-state index in [1.165, 1.54) is 0 Å². The third-order valence-corrected chi connectivity index (χ3v) is 2.23. The maximum atomic E-state index is 5.58. The molecule has 0 radical (unpaired) electrons. The van der Waals surface area contributed by atoms with Gasteiger partial charge in [0.1, 0.15) is 0 Å². The van der Waals surface area contributed by atoms with Crippen LogP contribution < -0.4 is 11.2 Å². The second-order valence-electron chi connectivity index (χ2n) is 3.39. The summed E-state index contributed by atoms with van der Waals surface area (Å²) in [5.74, 6) is 0. The van der Waals surface area contributed by atoms with Crippen molar-refractivity contribution in [3.63, 3.8) is 0 Å². The molecule has 4 nitrogen and oxygen atoms in total. The lowest BCUT2D eigenvalue weighted by Crippen LogP contribution is -2.30. The van der Waals surface area contributed by atoms with E-state index in [0.29, 0.717) is 6.10 Å². The number of hydrogen-bond acceptors (Lipinski definition) is 3. The maximum Gasteiger partial charge on any atom is 0.184 e. The SMILES string of the molecule is CCCC1C/C(=N\NC(N)=S)CCO1. The molecule has 1 aliphatic rings. The van der Waals surface area contributed by atoms with Gasteiger partial charge in [-0.25, -0.2) is 0 Å². The molecular weight excluding hydrogens is 198 g/mol. The molecule has 5 heteroatoms. The summed E-state index contributed by atoms with van der Waals surface area (Å²) in [5.41, 5.74) is 9.00. The minimum Gasteiger partial charge on any atom is -0.377 e. The standard InChI is InChI=1S/C9H17N3OS/c1-2-3-8-6-7(4-5-13-8)11-12-9(10)14/h8H,2-6H2,1H3,(H3,10,12,14)/b11-7-. The Labute approximate surface area is 89.9 Å². The number of nitrogens with two attached hydrogens (primary N) is 1. The fourth-order valence-electron chi connectivity index (χ4n) is 1.51. The van der Waals surface area contributed by atoms with Crippen LogP contribution in [0.2, 0.25) is 0 Å². The molecule has 0 amide bonds. The Morgan fingerprint density at radius 3 is 3.21 bits per heavy atom. The quantitative estimate of drug-likeness (QED) is 0.548. The average Bonchev–Trinajstić information content (AvgIpc) is 2.16. The largest absolute Gasteiger partial charge is 0.377 e. The second kappa shape index (κ2) is 5.93. The van der Waals surface area contributed by atoms with Crippen LogP contribution in [0.4, 0.5) is 0 Å². The van der Waals surface area contributed by atoms with Gasteiger partial charge in [0.2, 0.25) is 0 Å². The van der Waals surface area contributed by atoms with Crippen LogP contribution in [0, 0.1) is 0 Å². The molecule has 3 N–H and O–H groups in total. The van der Waals surface area contributed by atoms with Crippen molar-refractivity contribution in [2.45, 2.75) is 38.7 Å². The Bertz CT molecular complexity index is 228. The van der Waals surface area contributed by atoms with Crippen molar-refractivity contribution in [1.82, 2.24) is 5.43 Å². The molecule has 0 bridgehead atoms. The first-order chi connectivity index (χ1) is 6.72. The molecule has 1 rings (SSSR count). The smallest absolute Gasteiger partial charge is 0.184 e. The molecule has 14 heavy (non-hydrogen) atoms. The lowest BCUT2D eigenvalue weighted by Gasteiger charge is -2.23. The van der Waals surface area contributed by atoms with Gasteiger partial charge in [0.15, 0.2) is 5.11 Å². The first kappa shape index (κ1) is 11.4.